The van der Waals surface area contributed by atoms with Crippen LogP contribution in [0.5, 0.6) is 0 Å². The van der Waals surface area contributed by atoms with Crippen LogP contribution in [0.25, 0.3) is 0 Å². The number of halogens is 1. The first-order valence-corrected chi connectivity index (χ1v) is 3.21. The molecule has 1 unspecified atom stereocenters. The highest BCUT2D eigenvalue weighted by Gasteiger charge is 2.27. The Balaban J connectivity index is 4.25. The third-order valence-corrected chi connectivity index (χ3v) is 1.48. The van der Waals surface area contributed by atoms with Crippen molar-refractivity contribution in [1.82, 2.24) is 0 Å². The van der Waals surface area contributed by atoms with E-state index in [2.05, 4.69) is 4.74 Å². The van der Waals surface area contributed by atoms with Gasteiger partial charge >= 0.3 is 5.97 Å². The number of ketones is 2. The van der Waals surface area contributed by atoms with E-state index in [1.807, 2.05) is 0 Å². The Bertz CT molecular complexity index is 199. The first kappa shape index (κ1) is 10.1. The summed E-state index contributed by atoms with van der Waals surface area (Å²) in [5, 5.41) is -1.41. The predicted molar refractivity (Wildman–Crippen MR) is 37.3 cm³/mol. The Hall–Kier alpha value is -0.900. The molecular weight excluding hydrogens is 172 g/mol. The normalized spacial score (nSPS) is 11.9. The first-order chi connectivity index (χ1) is 5.00. The predicted octanol–water partition coefficient (Wildman–Crippen LogP) is -0.0751. The third kappa shape index (κ3) is 2.67. The second-order valence-electron chi connectivity index (χ2n) is 1.83. The number of Topliss-reactive ketones (excluding diaryl/α,β-unsaturated/α-hetero) is 2. The number of hydrogen-bond acceptors (Lipinski definition) is 4. The maximum atomic E-state index is 10.7. The van der Waals surface area contributed by atoms with Crippen LogP contribution in [-0.2, 0) is 19.1 Å². The third-order valence-electron chi connectivity index (χ3n) is 0.974. The molecule has 0 heterocycles. The number of carbonyl (C=O) groups excluding carboxylic acids is 3. The maximum Gasteiger partial charge on any atom is 0.376 e. The summed E-state index contributed by atoms with van der Waals surface area (Å²) in [6, 6.07) is 0. The summed E-state index contributed by atoms with van der Waals surface area (Å²) in [5.41, 5.74) is 0. The SMILES string of the molecule is COC(=O)C(=O)C(Cl)C(C)=O. The van der Waals surface area contributed by atoms with Gasteiger partial charge in [0.2, 0.25) is 0 Å². The Labute approximate surface area is 68.5 Å². The van der Waals surface area contributed by atoms with Crippen molar-refractivity contribution in [2.45, 2.75) is 12.3 Å². The van der Waals surface area contributed by atoms with Crippen LogP contribution >= 0.6 is 11.6 Å². The molecule has 0 amide bonds. The topological polar surface area (TPSA) is 60.4 Å². The van der Waals surface area contributed by atoms with Gasteiger partial charge in [0.15, 0.2) is 11.2 Å². The maximum absolute atomic E-state index is 10.7. The van der Waals surface area contributed by atoms with Crippen LogP contribution < -0.4 is 0 Å². The van der Waals surface area contributed by atoms with Gasteiger partial charge in [-0.1, -0.05) is 0 Å². The van der Waals surface area contributed by atoms with Crippen molar-refractivity contribution >= 4 is 29.1 Å². The molecule has 5 heteroatoms. The smallest absolute Gasteiger partial charge is 0.376 e. The molecule has 0 radical (unpaired) electrons. The summed E-state index contributed by atoms with van der Waals surface area (Å²) in [4.78, 5) is 31.6. The second-order valence-corrected chi connectivity index (χ2v) is 2.27. The second kappa shape index (κ2) is 4.08. The monoisotopic (exact) mass is 178 g/mol. The van der Waals surface area contributed by atoms with E-state index >= 15 is 0 Å². The quantitative estimate of drug-likeness (QED) is 0.263. The molecule has 0 aliphatic carbocycles. The first-order valence-electron chi connectivity index (χ1n) is 2.77. The minimum absolute atomic E-state index is 0.568. The number of methoxy groups -OCH3 is 1. The van der Waals surface area contributed by atoms with Crippen LogP contribution in [0.4, 0.5) is 0 Å². The van der Waals surface area contributed by atoms with Crippen molar-refractivity contribution in [3.05, 3.63) is 0 Å². The van der Waals surface area contributed by atoms with Crippen LogP contribution in [-0.4, -0.2) is 30.0 Å². The lowest BCUT2D eigenvalue weighted by Crippen LogP contribution is -2.30. The molecule has 0 aromatic rings. The van der Waals surface area contributed by atoms with Gasteiger partial charge in [0.1, 0.15) is 0 Å². The van der Waals surface area contributed by atoms with Gasteiger partial charge in [-0.3, -0.25) is 9.59 Å². The van der Waals surface area contributed by atoms with Crippen LogP contribution in [0.1, 0.15) is 6.92 Å². The Morgan fingerprint density at radius 2 is 1.82 bits per heavy atom. The Kier molecular flexibility index (Phi) is 3.74. The number of carbonyl (C=O) groups is 3. The van der Waals surface area contributed by atoms with Crippen LogP contribution in [0, 0.1) is 0 Å². The van der Waals surface area contributed by atoms with Gasteiger partial charge in [-0.15, -0.1) is 11.6 Å². The van der Waals surface area contributed by atoms with Gasteiger partial charge in [0.25, 0.3) is 5.78 Å². The van der Waals surface area contributed by atoms with Crippen LogP contribution in [0.2, 0.25) is 0 Å². The molecule has 0 spiro atoms. The van der Waals surface area contributed by atoms with Crippen molar-refractivity contribution in [3.8, 4) is 0 Å². The van der Waals surface area contributed by atoms with Crippen LogP contribution in [0.15, 0.2) is 0 Å². The number of rotatable bonds is 3. The number of alkyl halides is 1. The summed E-state index contributed by atoms with van der Waals surface area (Å²) in [6.45, 7) is 1.12. The minimum atomic E-state index is -1.41. The van der Waals surface area contributed by atoms with Crippen molar-refractivity contribution in [1.29, 1.82) is 0 Å². The Morgan fingerprint density at radius 1 is 1.36 bits per heavy atom. The van der Waals surface area contributed by atoms with Crippen LogP contribution in [0.3, 0.4) is 0 Å². The van der Waals surface area contributed by atoms with E-state index in [-0.39, 0.29) is 0 Å². The molecule has 0 saturated carbocycles. The van der Waals surface area contributed by atoms with Gasteiger partial charge in [0.05, 0.1) is 7.11 Å². The Morgan fingerprint density at radius 3 is 2.09 bits per heavy atom. The summed E-state index contributed by atoms with van der Waals surface area (Å²) < 4.78 is 4.06. The molecule has 0 aliphatic heterocycles. The van der Waals surface area contributed by atoms with Crippen molar-refractivity contribution < 1.29 is 19.1 Å². The van der Waals surface area contributed by atoms with Crippen molar-refractivity contribution in [2.24, 2.45) is 0 Å². The highest BCUT2D eigenvalue weighted by molar-refractivity contribution is 6.54. The standard InChI is InChI=1S/C6H7ClO4/c1-3(8)4(7)5(9)6(10)11-2/h4H,1-2H3. The van der Waals surface area contributed by atoms with E-state index in [1.54, 1.807) is 0 Å². The summed E-state index contributed by atoms with van der Waals surface area (Å²) >= 11 is 5.24. The molecule has 11 heavy (non-hydrogen) atoms. The van der Waals surface area contributed by atoms with Gasteiger partial charge in [-0.25, -0.2) is 4.79 Å². The van der Waals surface area contributed by atoms with E-state index in [4.69, 9.17) is 11.6 Å². The number of ether oxygens (including phenoxy) is 1. The molecule has 1 atom stereocenters. The van der Waals surface area contributed by atoms with E-state index in [9.17, 15) is 14.4 Å². The minimum Gasteiger partial charge on any atom is -0.463 e. The lowest BCUT2D eigenvalue weighted by Gasteiger charge is -2.00. The molecular formula is C6H7ClO4. The van der Waals surface area contributed by atoms with Gasteiger partial charge in [0, 0.05) is 0 Å². The molecule has 0 aliphatic rings. The highest BCUT2D eigenvalue weighted by atomic mass is 35.5. The fourth-order valence-electron chi connectivity index (χ4n) is 0.389. The molecule has 62 valence electrons. The van der Waals surface area contributed by atoms with Gasteiger partial charge < -0.3 is 4.74 Å². The average molecular weight is 179 g/mol. The van der Waals surface area contributed by atoms with E-state index in [0.29, 0.717) is 0 Å². The number of hydrogen-bond donors (Lipinski definition) is 0. The molecule has 0 N–H and O–H groups in total. The lowest BCUT2D eigenvalue weighted by atomic mass is 10.2. The zero-order valence-electron chi connectivity index (χ0n) is 6.09. The average Bonchev–Trinajstić information content (AvgIpc) is 2.00. The van der Waals surface area contributed by atoms with Gasteiger partial charge in [-0.05, 0) is 6.92 Å². The number of esters is 1. The van der Waals surface area contributed by atoms with Gasteiger partial charge in [-0.2, -0.15) is 0 Å². The molecule has 0 aromatic heterocycles. The largest absolute Gasteiger partial charge is 0.463 e. The molecule has 0 rings (SSSR count). The fraction of sp³-hybridized carbons (Fsp3) is 0.500. The molecule has 4 nitrogen and oxygen atoms in total. The molecule has 0 fully saturated rings. The summed E-state index contributed by atoms with van der Waals surface area (Å²) in [7, 11) is 1.05. The van der Waals surface area contributed by atoms with E-state index < -0.39 is 22.9 Å². The fourth-order valence-corrected chi connectivity index (χ4v) is 0.478. The lowest BCUT2D eigenvalue weighted by molar-refractivity contribution is -0.152. The molecule has 0 aromatic carbocycles. The van der Waals surface area contributed by atoms with E-state index in [1.165, 1.54) is 0 Å². The zero-order chi connectivity index (χ0) is 9.02. The molecule has 0 saturated heterocycles. The highest BCUT2D eigenvalue weighted by Crippen LogP contribution is 1.99. The molecule has 0 bridgehead atoms. The van der Waals surface area contributed by atoms with Crippen molar-refractivity contribution in [2.75, 3.05) is 7.11 Å². The van der Waals surface area contributed by atoms with Crippen molar-refractivity contribution in [3.63, 3.8) is 0 Å². The zero-order valence-corrected chi connectivity index (χ0v) is 6.84. The summed E-state index contributed by atoms with van der Waals surface area (Å²) in [5.74, 6) is -2.69. The van der Waals surface area contributed by atoms with E-state index in [0.717, 1.165) is 14.0 Å². The summed E-state index contributed by atoms with van der Waals surface area (Å²) in [6.07, 6.45) is 0.